The molecule has 1 aromatic rings. The Hall–Kier alpha value is -0.860. The molecule has 2 rings (SSSR count). The minimum Gasteiger partial charge on any atom is -0.384 e. The van der Waals surface area contributed by atoms with Gasteiger partial charge < -0.3 is 9.84 Å². The number of thiophene rings is 1. The molecule has 1 aliphatic heterocycles. The molecular weight excluding hydrogens is 270 g/mol. The van der Waals surface area contributed by atoms with Crippen molar-refractivity contribution < 1.29 is 9.84 Å². The second-order valence-electron chi connectivity index (χ2n) is 5.15. The van der Waals surface area contributed by atoms with Crippen LogP contribution in [0.5, 0.6) is 0 Å². The molecule has 110 valence electrons. The van der Waals surface area contributed by atoms with Crippen molar-refractivity contribution in [2.75, 3.05) is 19.7 Å². The van der Waals surface area contributed by atoms with Crippen LogP contribution in [0, 0.1) is 11.8 Å². The Morgan fingerprint density at radius 3 is 2.65 bits per heavy atom. The third-order valence-corrected chi connectivity index (χ3v) is 4.49. The second-order valence-corrected chi connectivity index (χ2v) is 6.15. The molecule has 20 heavy (non-hydrogen) atoms. The van der Waals surface area contributed by atoms with Gasteiger partial charge in [0.25, 0.3) is 0 Å². The topological polar surface area (TPSA) is 32.7 Å². The Morgan fingerprint density at radius 1 is 1.35 bits per heavy atom. The van der Waals surface area contributed by atoms with Gasteiger partial charge in [-0.25, -0.2) is 0 Å². The van der Waals surface area contributed by atoms with E-state index in [4.69, 9.17) is 9.84 Å². The summed E-state index contributed by atoms with van der Waals surface area (Å²) in [4.78, 5) is 3.82. The van der Waals surface area contributed by atoms with Gasteiger partial charge in [-0.2, -0.15) is 0 Å². The minimum absolute atomic E-state index is 0.0784. The smallest absolute Gasteiger partial charge is 0.104 e. The molecule has 0 bridgehead atoms. The molecular formula is C16H23NO2S. The first-order chi connectivity index (χ1) is 9.75. The van der Waals surface area contributed by atoms with E-state index in [0.29, 0.717) is 12.2 Å². The van der Waals surface area contributed by atoms with E-state index in [9.17, 15) is 0 Å². The average molecular weight is 293 g/mol. The summed E-state index contributed by atoms with van der Waals surface area (Å²) >= 11 is 1.74. The van der Waals surface area contributed by atoms with Crippen molar-refractivity contribution in [2.24, 2.45) is 0 Å². The fourth-order valence-electron chi connectivity index (χ4n) is 2.48. The summed E-state index contributed by atoms with van der Waals surface area (Å²) in [6.07, 6.45) is 2.87. The van der Waals surface area contributed by atoms with Gasteiger partial charge in [0, 0.05) is 35.5 Å². The molecule has 2 unspecified atom stereocenters. The molecule has 0 saturated carbocycles. The van der Waals surface area contributed by atoms with Gasteiger partial charge in [-0.05, 0) is 18.9 Å². The van der Waals surface area contributed by atoms with Gasteiger partial charge in [-0.15, -0.1) is 11.3 Å². The molecule has 3 nitrogen and oxygen atoms in total. The second kappa shape index (κ2) is 7.80. The molecule has 1 aliphatic rings. The molecule has 1 N–H and O–H groups in total. The summed E-state index contributed by atoms with van der Waals surface area (Å²) in [7, 11) is 0. The third kappa shape index (κ3) is 4.32. The van der Waals surface area contributed by atoms with Crippen LogP contribution < -0.4 is 0 Å². The molecule has 4 heteroatoms. The highest BCUT2D eigenvalue weighted by molar-refractivity contribution is 7.10. The molecule has 1 fully saturated rings. The van der Waals surface area contributed by atoms with Crippen molar-refractivity contribution in [3.05, 3.63) is 21.9 Å². The zero-order chi connectivity index (χ0) is 14.4. The van der Waals surface area contributed by atoms with Gasteiger partial charge in [0.15, 0.2) is 0 Å². The maximum atomic E-state index is 8.72. The van der Waals surface area contributed by atoms with Crippen molar-refractivity contribution in [2.45, 2.75) is 45.4 Å². The monoisotopic (exact) mass is 293 g/mol. The molecule has 2 atom stereocenters. The van der Waals surface area contributed by atoms with Crippen molar-refractivity contribution in [3.8, 4) is 11.8 Å². The number of nitrogens with zero attached hydrogens (tertiary/aromatic N) is 1. The molecule has 0 aliphatic carbocycles. The van der Waals surface area contributed by atoms with Crippen LogP contribution >= 0.6 is 11.3 Å². The first kappa shape index (κ1) is 15.5. The molecule has 0 aromatic carbocycles. The van der Waals surface area contributed by atoms with Gasteiger partial charge in [-0.3, -0.25) is 4.90 Å². The van der Waals surface area contributed by atoms with Crippen LogP contribution in [0.3, 0.4) is 0 Å². The lowest BCUT2D eigenvalue weighted by Crippen LogP contribution is -2.46. The molecule has 0 spiro atoms. The van der Waals surface area contributed by atoms with E-state index < -0.39 is 0 Å². The van der Waals surface area contributed by atoms with E-state index in [1.165, 1.54) is 4.88 Å². The summed E-state index contributed by atoms with van der Waals surface area (Å²) < 4.78 is 6.02. The molecule has 1 saturated heterocycles. The number of morpholine rings is 1. The van der Waals surface area contributed by atoms with Gasteiger partial charge in [0.05, 0.1) is 12.2 Å². The average Bonchev–Trinajstić information content (AvgIpc) is 2.92. The SMILES string of the molecule is CCC1CN(Cc2cc(C#CCO)cs2)CC(CC)O1. The standard InChI is InChI=1S/C16H23NO2S/c1-3-14-9-17(10-15(4-2)19-14)11-16-8-13(12-20-16)6-5-7-18/h8,12,14-15,18H,3-4,7,9-11H2,1-2H3. The van der Waals surface area contributed by atoms with E-state index in [-0.39, 0.29) is 6.61 Å². The predicted octanol–water partition coefficient (Wildman–Crippen LogP) is 2.48. The van der Waals surface area contributed by atoms with Crippen molar-refractivity contribution in [3.63, 3.8) is 0 Å². The number of aliphatic hydroxyl groups excluding tert-OH is 1. The highest BCUT2D eigenvalue weighted by atomic mass is 32.1. The van der Waals surface area contributed by atoms with E-state index in [1.807, 2.05) is 0 Å². The van der Waals surface area contributed by atoms with Crippen molar-refractivity contribution in [1.29, 1.82) is 0 Å². The summed E-state index contributed by atoms with van der Waals surface area (Å²) in [5, 5.41) is 10.8. The Labute approximate surface area is 125 Å². The molecule has 0 radical (unpaired) electrons. The Kier molecular flexibility index (Phi) is 6.06. The Morgan fingerprint density at radius 2 is 2.05 bits per heavy atom. The summed E-state index contributed by atoms with van der Waals surface area (Å²) in [6, 6.07) is 2.13. The number of rotatable bonds is 4. The lowest BCUT2D eigenvalue weighted by Gasteiger charge is -2.37. The fourth-order valence-corrected chi connectivity index (χ4v) is 3.34. The van der Waals surface area contributed by atoms with Gasteiger partial charge in [-0.1, -0.05) is 25.7 Å². The maximum Gasteiger partial charge on any atom is 0.104 e. The number of hydrogen-bond acceptors (Lipinski definition) is 4. The van der Waals surface area contributed by atoms with Crippen LogP contribution in [-0.4, -0.2) is 41.9 Å². The first-order valence-electron chi connectivity index (χ1n) is 7.30. The highest BCUT2D eigenvalue weighted by Gasteiger charge is 2.25. The van der Waals surface area contributed by atoms with Crippen LogP contribution in [-0.2, 0) is 11.3 Å². The Balaban J connectivity index is 1.96. The molecule has 0 amide bonds. The summed E-state index contributed by atoms with van der Waals surface area (Å²) in [5.74, 6) is 5.65. The maximum absolute atomic E-state index is 8.72. The fraction of sp³-hybridized carbons (Fsp3) is 0.625. The van der Waals surface area contributed by atoms with E-state index >= 15 is 0 Å². The van der Waals surface area contributed by atoms with Crippen LogP contribution in [0.2, 0.25) is 0 Å². The van der Waals surface area contributed by atoms with Gasteiger partial charge in [0.2, 0.25) is 0 Å². The zero-order valence-corrected chi connectivity index (χ0v) is 13.1. The van der Waals surface area contributed by atoms with Crippen LogP contribution in [0.1, 0.15) is 37.1 Å². The number of hydrogen-bond donors (Lipinski definition) is 1. The molecule has 1 aromatic heterocycles. The van der Waals surface area contributed by atoms with E-state index in [0.717, 1.165) is 38.0 Å². The lowest BCUT2D eigenvalue weighted by atomic mass is 10.1. The van der Waals surface area contributed by atoms with Gasteiger partial charge in [0.1, 0.15) is 6.61 Å². The largest absolute Gasteiger partial charge is 0.384 e. The Bertz CT molecular complexity index is 462. The van der Waals surface area contributed by atoms with Crippen LogP contribution in [0.25, 0.3) is 0 Å². The van der Waals surface area contributed by atoms with E-state index in [2.05, 4.69) is 42.0 Å². The van der Waals surface area contributed by atoms with E-state index in [1.54, 1.807) is 11.3 Å². The zero-order valence-electron chi connectivity index (χ0n) is 12.3. The summed E-state index contributed by atoms with van der Waals surface area (Å²) in [5.41, 5.74) is 1.01. The number of ether oxygens (including phenoxy) is 1. The summed E-state index contributed by atoms with van der Waals surface area (Å²) in [6.45, 7) is 7.31. The van der Waals surface area contributed by atoms with Crippen LogP contribution in [0.15, 0.2) is 11.4 Å². The molecule has 2 heterocycles. The first-order valence-corrected chi connectivity index (χ1v) is 8.18. The van der Waals surface area contributed by atoms with Crippen molar-refractivity contribution >= 4 is 11.3 Å². The number of aliphatic hydroxyl groups is 1. The van der Waals surface area contributed by atoms with Crippen molar-refractivity contribution in [1.82, 2.24) is 4.90 Å². The quantitative estimate of drug-likeness (QED) is 0.866. The minimum atomic E-state index is -0.0784. The van der Waals surface area contributed by atoms with Crippen LogP contribution in [0.4, 0.5) is 0 Å². The highest BCUT2D eigenvalue weighted by Crippen LogP contribution is 2.21. The normalized spacial score (nSPS) is 23.4. The van der Waals surface area contributed by atoms with Gasteiger partial charge >= 0.3 is 0 Å². The third-order valence-electron chi connectivity index (χ3n) is 3.56. The predicted molar refractivity (Wildman–Crippen MR) is 82.8 cm³/mol. The lowest BCUT2D eigenvalue weighted by molar-refractivity contribution is -0.0890.